The quantitative estimate of drug-likeness (QED) is 0.807. The number of aryl methyl sites for hydroxylation is 1. The van der Waals surface area contributed by atoms with E-state index in [0.29, 0.717) is 0 Å². The Hall–Kier alpha value is -1.50. The monoisotopic (exact) mass is 287 g/mol. The fourth-order valence-corrected chi connectivity index (χ4v) is 2.47. The van der Waals surface area contributed by atoms with Crippen molar-refractivity contribution >= 4 is 11.8 Å². The van der Waals surface area contributed by atoms with Crippen molar-refractivity contribution in [2.75, 3.05) is 0 Å². The summed E-state index contributed by atoms with van der Waals surface area (Å²) in [5.74, 6) is 0. The van der Waals surface area contributed by atoms with Gasteiger partial charge >= 0.3 is 6.18 Å². The van der Waals surface area contributed by atoms with E-state index >= 15 is 0 Å². The minimum Gasteiger partial charge on any atom is -0.312 e. The number of aromatic nitrogens is 3. The molecule has 2 rings (SSSR count). The van der Waals surface area contributed by atoms with Gasteiger partial charge in [0.05, 0.1) is 5.56 Å². The van der Waals surface area contributed by atoms with Gasteiger partial charge in [0.1, 0.15) is 6.33 Å². The lowest BCUT2D eigenvalue weighted by atomic mass is 10.1. The van der Waals surface area contributed by atoms with Crippen LogP contribution in [0.2, 0.25) is 0 Å². The fraction of sp³-hybridized carbons (Fsp3) is 0.333. The highest BCUT2D eigenvalue weighted by Gasteiger charge is 2.30. The Morgan fingerprint density at radius 1 is 1.21 bits per heavy atom. The van der Waals surface area contributed by atoms with E-state index in [1.165, 1.54) is 23.9 Å². The normalized spacial score (nSPS) is 13.5. The topological polar surface area (TPSA) is 30.7 Å². The molecular formula is C12H12F3N3S. The van der Waals surface area contributed by atoms with Gasteiger partial charge in [0.25, 0.3) is 0 Å². The SMILES string of the molecule is CC(Sc1nncn1C)c1ccc(C(F)(F)F)cc1. The van der Waals surface area contributed by atoms with Gasteiger partial charge in [0.2, 0.25) is 0 Å². The highest BCUT2D eigenvalue weighted by molar-refractivity contribution is 7.99. The van der Waals surface area contributed by atoms with E-state index in [-0.39, 0.29) is 5.25 Å². The Balaban J connectivity index is 2.12. The molecule has 19 heavy (non-hydrogen) atoms. The molecular weight excluding hydrogens is 275 g/mol. The predicted octanol–water partition coefficient (Wildman–Crippen LogP) is 3.69. The smallest absolute Gasteiger partial charge is 0.312 e. The van der Waals surface area contributed by atoms with Crippen LogP contribution in [0.3, 0.4) is 0 Å². The number of alkyl halides is 3. The lowest BCUT2D eigenvalue weighted by Gasteiger charge is -2.12. The first-order valence-corrected chi connectivity index (χ1v) is 6.43. The molecule has 0 N–H and O–H groups in total. The summed E-state index contributed by atoms with van der Waals surface area (Å²) < 4.78 is 39.1. The second-order valence-corrected chi connectivity index (χ2v) is 5.41. The van der Waals surface area contributed by atoms with Crippen LogP contribution in [0.25, 0.3) is 0 Å². The Kier molecular flexibility index (Phi) is 3.84. The molecule has 1 aromatic heterocycles. The van der Waals surface area contributed by atoms with Gasteiger partial charge in [-0.25, -0.2) is 0 Å². The van der Waals surface area contributed by atoms with Gasteiger partial charge in [0, 0.05) is 12.3 Å². The summed E-state index contributed by atoms with van der Waals surface area (Å²) in [5.41, 5.74) is 0.188. The van der Waals surface area contributed by atoms with Crippen molar-refractivity contribution in [3.05, 3.63) is 41.7 Å². The molecule has 0 spiro atoms. The Morgan fingerprint density at radius 3 is 2.32 bits per heavy atom. The van der Waals surface area contributed by atoms with Gasteiger partial charge in [-0.05, 0) is 24.6 Å². The maximum Gasteiger partial charge on any atom is 0.416 e. The number of benzene rings is 1. The molecule has 0 amide bonds. The third kappa shape index (κ3) is 3.28. The molecule has 0 saturated heterocycles. The summed E-state index contributed by atoms with van der Waals surface area (Å²) in [6.45, 7) is 1.92. The van der Waals surface area contributed by atoms with Crippen molar-refractivity contribution in [3.63, 3.8) is 0 Å². The van der Waals surface area contributed by atoms with Gasteiger partial charge in [-0.2, -0.15) is 13.2 Å². The molecule has 3 nitrogen and oxygen atoms in total. The Morgan fingerprint density at radius 2 is 1.84 bits per heavy atom. The summed E-state index contributed by atoms with van der Waals surface area (Å²) in [5, 5.41) is 8.43. The average molecular weight is 287 g/mol. The van der Waals surface area contributed by atoms with E-state index in [1.54, 1.807) is 10.9 Å². The lowest BCUT2D eigenvalue weighted by molar-refractivity contribution is -0.137. The van der Waals surface area contributed by atoms with E-state index in [2.05, 4.69) is 10.2 Å². The van der Waals surface area contributed by atoms with E-state index in [0.717, 1.165) is 22.9 Å². The summed E-state index contributed by atoms with van der Waals surface area (Å²) in [7, 11) is 1.82. The number of rotatable bonds is 3. The molecule has 0 radical (unpaired) electrons. The van der Waals surface area contributed by atoms with Crippen molar-refractivity contribution in [1.29, 1.82) is 0 Å². The first-order valence-electron chi connectivity index (χ1n) is 5.55. The molecule has 0 saturated carbocycles. The summed E-state index contributed by atoms with van der Waals surface area (Å²) >= 11 is 1.45. The van der Waals surface area contributed by atoms with Crippen molar-refractivity contribution in [3.8, 4) is 0 Å². The van der Waals surface area contributed by atoms with E-state index in [9.17, 15) is 13.2 Å². The summed E-state index contributed by atoms with van der Waals surface area (Å²) in [4.78, 5) is 0. The molecule has 0 aliphatic heterocycles. The maximum atomic E-state index is 12.5. The minimum atomic E-state index is -4.29. The molecule has 7 heteroatoms. The molecule has 1 aromatic carbocycles. The van der Waals surface area contributed by atoms with Gasteiger partial charge in [-0.3, -0.25) is 0 Å². The molecule has 0 fully saturated rings. The Bertz CT molecular complexity index is 548. The number of thioether (sulfide) groups is 1. The van der Waals surface area contributed by atoms with Crippen LogP contribution < -0.4 is 0 Å². The zero-order valence-electron chi connectivity index (χ0n) is 10.3. The van der Waals surface area contributed by atoms with Crippen molar-refractivity contribution < 1.29 is 13.2 Å². The number of hydrogen-bond acceptors (Lipinski definition) is 3. The molecule has 0 aliphatic carbocycles. The van der Waals surface area contributed by atoms with Crippen molar-refractivity contribution in [2.24, 2.45) is 7.05 Å². The van der Waals surface area contributed by atoms with Crippen LogP contribution >= 0.6 is 11.8 Å². The van der Waals surface area contributed by atoms with Crippen LogP contribution in [0.15, 0.2) is 35.7 Å². The van der Waals surface area contributed by atoms with Gasteiger partial charge in [-0.1, -0.05) is 23.9 Å². The zero-order chi connectivity index (χ0) is 14.0. The minimum absolute atomic E-state index is 0.00480. The van der Waals surface area contributed by atoms with Crippen molar-refractivity contribution in [2.45, 2.75) is 23.5 Å². The molecule has 102 valence electrons. The maximum absolute atomic E-state index is 12.5. The molecule has 2 aromatic rings. The van der Waals surface area contributed by atoms with Gasteiger partial charge in [-0.15, -0.1) is 10.2 Å². The number of nitrogens with zero attached hydrogens (tertiary/aromatic N) is 3. The number of hydrogen-bond donors (Lipinski definition) is 0. The zero-order valence-corrected chi connectivity index (χ0v) is 11.2. The van der Waals surface area contributed by atoms with Crippen LogP contribution in [-0.4, -0.2) is 14.8 Å². The van der Waals surface area contributed by atoms with Gasteiger partial charge in [0.15, 0.2) is 5.16 Å². The fourth-order valence-electron chi connectivity index (χ4n) is 1.55. The van der Waals surface area contributed by atoms with Crippen LogP contribution in [0, 0.1) is 0 Å². The number of halogens is 3. The molecule has 0 aliphatic rings. The first kappa shape index (κ1) is 13.9. The lowest BCUT2D eigenvalue weighted by Crippen LogP contribution is -2.04. The average Bonchev–Trinajstić information content (AvgIpc) is 2.74. The second-order valence-electron chi connectivity index (χ2n) is 4.10. The highest BCUT2D eigenvalue weighted by Crippen LogP contribution is 2.35. The first-order chi connectivity index (χ1) is 8.88. The standard InChI is InChI=1S/C12H12F3N3S/c1-8(19-11-17-16-7-18(11)2)9-3-5-10(6-4-9)12(13,14)15/h3-8H,1-2H3. The Labute approximate surface area is 112 Å². The summed E-state index contributed by atoms with van der Waals surface area (Å²) in [6, 6.07) is 5.19. The third-order valence-electron chi connectivity index (χ3n) is 2.66. The largest absolute Gasteiger partial charge is 0.416 e. The summed E-state index contributed by atoms with van der Waals surface area (Å²) in [6.07, 6.45) is -2.71. The van der Waals surface area contributed by atoms with E-state index in [1.807, 2.05) is 14.0 Å². The second kappa shape index (κ2) is 5.24. The van der Waals surface area contributed by atoms with Crippen LogP contribution in [0.5, 0.6) is 0 Å². The van der Waals surface area contributed by atoms with Crippen LogP contribution in [-0.2, 0) is 13.2 Å². The van der Waals surface area contributed by atoms with Gasteiger partial charge < -0.3 is 4.57 Å². The van der Waals surface area contributed by atoms with Crippen molar-refractivity contribution in [1.82, 2.24) is 14.8 Å². The van der Waals surface area contributed by atoms with E-state index < -0.39 is 11.7 Å². The molecule has 1 heterocycles. The molecule has 1 unspecified atom stereocenters. The molecule has 1 atom stereocenters. The highest BCUT2D eigenvalue weighted by atomic mass is 32.2. The van der Waals surface area contributed by atoms with E-state index in [4.69, 9.17) is 0 Å². The third-order valence-corrected chi connectivity index (χ3v) is 3.87. The van der Waals surface area contributed by atoms with Crippen LogP contribution in [0.4, 0.5) is 13.2 Å². The predicted molar refractivity (Wildman–Crippen MR) is 66.7 cm³/mol. The molecule has 0 bridgehead atoms. The van der Waals surface area contributed by atoms with Crippen LogP contribution in [0.1, 0.15) is 23.3 Å².